The van der Waals surface area contributed by atoms with Crippen molar-refractivity contribution >= 4 is 19.8 Å². The first-order valence-corrected chi connectivity index (χ1v) is 23.2. The molecule has 0 heterocycles. The number of ether oxygens (including phenoxy) is 2. The lowest BCUT2D eigenvalue weighted by Crippen LogP contribution is -2.37. The van der Waals surface area contributed by atoms with Gasteiger partial charge in [-0.2, -0.15) is 0 Å². The molecule has 0 aliphatic heterocycles. The summed E-state index contributed by atoms with van der Waals surface area (Å²) in [6, 6.07) is 0. The number of nitrogens with zero attached hydrogens (tertiary/aromatic N) is 1. The van der Waals surface area contributed by atoms with E-state index in [1.54, 1.807) is 0 Å². The fourth-order valence-electron chi connectivity index (χ4n) is 5.33. The topological polar surface area (TPSA) is 108 Å². The van der Waals surface area contributed by atoms with Crippen LogP contribution in [0, 0.1) is 0 Å². The number of quaternary nitrogens is 1. The number of likely N-dealkylation sites (N-methyl/N-ethyl adjacent to an activating group) is 1. The Morgan fingerprint density at radius 1 is 0.571 bits per heavy atom. The van der Waals surface area contributed by atoms with E-state index >= 15 is 0 Å². The van der Waals surface area contributed by atoms with Gasteiger partial charge in [-0.25, -0.2) is 4.57 Å². The molecule has 0 saturated carbocycles. The molecule has 1 unspecified atom stereocenters. The Balaban J connectivity index is 4.46. The van der Waals surface area contributed by atoms with Gasteiger partial charge in [0.25, 0.3) is 0 Å². The number of phosphoric acid groups is 1. The molecular weight excluding hydrogens is 725 g/mol. The van der Waals surface area contributed by atoms with E-state index in [-0.39, 0.29) is 26.1 Å². The van der Waals surface area contributed by atoms with E-state index in [0.717, 1.165) is 89.9 Å². The van der Waals surface area contributed by atoms with Crippen LogP contribution in [0.4, 0.5) is 0 Å². The minimum atomic E-state index is -4.39. The molecule has 0 aliphatic carbocycles. The quantitative estimate of drug-likeness (QED) is 0.0216. The highest BCUT2D eigenvalue weighted by atomic mass is 31.2. The molecule has 10 heteroatoms. The van der Waals surface area contributed by atoms with Crippen LogP contribution in [0.5, 0.6) is 0 Å². The first-order chi connectivity index (χ1) is 27.0. The largest absolute Gasteiger partial charge is 0.472 e. The molecule has 0 saturated heterocycles. The molecule has 0 radical (unpaired) electrons. The predicted octanol–water partition coefficient (Wildman–Crippen LogP) is 12.2. The van der Waals surface area contributed by atoms with Gasteiger partial charge < -0.3 is 18.9 Å². The summed E-state index contributed by atoms with van der Waals surface area (Å²) in [6.45, 7) is 4.21. The Labute approximate surface area is 342 Å². The molecule has 9 nitrogen and oxygen atoms in total. The van der Waals surface area contributed by atoms with Crippen molar-refractivity contribution in [3.63, 3.8) is 0 Å². The lowest BCUT2D eigenvalue weighted by molar-refractivity contribution is -0.870. The molecule has 0 amide bonds. The second-order valence-electron chi connectivity index (χ2n) is 15.3. The third-order valence-electron chi connectivity index (χ3n) is 8.72. The Bertz CT molecular complexity index is 1180. The van der Waals surface area contributed by atoms with Gasteiger partial charge in [0.2, 0.25) is 0 Å². The molecule has 322 valence electrons. The molecule has 0 rings (SSSR count). The number of allylic oxidation sites excluding steroid dienone is 12. The van der Waals surface area contributed by atoms with E-state index in [1.807, 2.05) is 21.1 Å². The van der Waals surface area contributed by atoms with Crippen LogP contribution in [-0.4, -0.2) is 74.9 Å². The van der Waals surface area contributed by atoms with Crippen LogP contribution in [0.25, 0.3) is 0 Å². The normalized spacial score (nSPS) is 14.3. The highest BCUT2D eigenvalue weighted by Gasteiger charge is 2.27. The van der Waals surface area contributed by atoms with E-state index in [9.17, 15) is 19.0 Å². The van der Waals surface area contributed by atoms with Gasteiger partial charge in [-0.15, -0.1) is 0 Å². The van der Waals surface area contributed by atoms with Crippen molar-refractivity contribution in [2.45, 2.75) is 161 Å². The molecule has 0 fully saturated rings. The zero-order chi connectivity index (χ0) is 41.4. The summed E-state index contributed by atoms with van der Waals surface area (Å²) >= 11 is 0. The maximum absolute atomic E-state index is 12.7. The van der Waals surface area contributed by atoms with Crippen LogP contribution in [0.3, 0.4) is 0 Å². The number of unbranched alkanes of at least 4 members (excludes halogenated alkanes) is 12. The highest BCUT2D eigenvalue weighted by Crippen LogP contribution is 2.43. The first kappa shape index (κ1) is 53.5. The lowest BCUT2D eigenvalue weighted by atomic mass is 10.1. The average molecular weight is 807 g/mol. The van der Waals surface area contributed by atoms with Crippen molar-refractivity contribution in [2.24, 2.45) is 0 Å². The summed E-state index contributed by atoms with van der Waals surface area (Å²) in [5.41, 5.74) is 0. The smallest absolute Gasteiger partial charge is 0.462 e. The highest BCUT2D eigenvalue weighted by molar-refractivity contribution is 7.47. The van der Waals surface area contributed by atoms with E-state index in [0.29, 0.717) is 23.9 Å². The first-order valence-electron chi connectivity index (χ1n) is 21.7. The molecule has 0 aromatic heterocycles. The minimum absolute atomic E-state index is 0.0202. The molecule has 0 aromatic rings. The fraction of sp³-hybridized carbons (Fsp3) is 0.696. The summed E-state index contributed by atoms with van der Waals surface area (Å²) in [5, 5.41) is 0. The number of rotatable bonds is 38. The van der Waals surface area contributed by atoms with Crippen molar-refractivity contribution in [1.29, 1.82) is 0 Å². The zero-order valence-corrected chi connectivity index (χ0v) is 37.0. The van der Waals surface area contributed by atoms with Crippen molar-refractivity contribution in [3.05, 3.63) is 72.9 Å². The Morgan fingerprint density at radius 3 is 1.52 bits per heavy atom. The van der Waals surface area contributed by atoms with Gasteiger partial charge in [-0.1, -0.05) is 132 Å². The fourth-order valence-corrected chi connectivity index (χ4v) is 6.07. The number of esters is 2. The van der Waals surface area contributed by atoms with Gasteiger partial charge in [0, 0.05) is 12.8 Å². The van der Waals surface area contributed by atoms with Crippen molar-refractivity contribution in [3.8, 4) is 0 Å². The van der Waals surface area contributed by atoms with E-state index in [1.165, 1.54) is 25.7 Å². The molecule has 0 spiro atoms. The number of hydrogen-bond donors (Lipinski definition) is 1. The second-order valence-corrected chi connectivity index (χ2v) is 16.8. The average Bonchev–Trinajstić information content (AvgIpc) is 3.15. The van der Waals surface area contributed by atoms with Gasteiger partial charge in [0.15, 0.2) is 6.10 Å². The lowest BCUT2D eigenvalue weighted by Gasteiger charge is -2.24. The maximum atomic E-state index is 12.7. The van der Waals surface area contributed by atoms with Crippen LogP contribution in [0.2, 0.25) is 0 Å². The molecule has 0 aromatic carbocycles. The summed E-state index contributed by atoms with van der Waals surface area (Å²) in [7, 11) is 1.44. The third kappa shape index (κ3) is 41.1. The molecule has 2 atom stereocenters. The van der Waals surface area contributed by atoms with Gasteiger partial charge in [-0.3, -0.25) is 18.6 Å². The Kier molecular flexibility index (Phi) is 36.3. The van der Waals surface area contributed by atoms with E-state index < -0.39 is 32.5 Å². The van der Waals surface area contributed by atoms with Crippen LogP contribution in [0.15, 0.2) is 72.9 Å². The SMILES string of the molecule is CC/C=C\C/C=C\C/C=C\CCCCCCCC(=O)OC[C@H](COP(=O)(O)OCC[N+](C)(C)C)OC(=O)CCCCCC/C=C\C/C=C\C/C=C\CCCCC. The summed E-state index contributed by atoms with van der Waals surface area (Å²) in [6.07, 6.45) is 46.6. The molecule has 1 N–H and O–H groups in total. The van der Waals surface area contributed by atoms with Crippen molar-refractivity contribution in [1.82, 2.24) is 0 Å². The van der Waals surface area contributed by atoms with Gasteiger partial charge in [0.1, 0.15) is 19.8 Å². The van der Waals surface area contributed by atoms with Gasteiger partial charge >= 0.3 is 19.8 Å². The maximum Gasteiger partial charge on any atom is 0.472 e. The summed E-state index contributed by atoms with van der Waals surface area (Å²) in [5.74, 6) is -0.851. The summed E-state index contributed by atoms with van der Waals surface area (Å²) in [4.78, 5) is 35.3. The summed E-state index contributed by atoms with van der Waals surface area (Å²) < 4.78 is 34.2. The minimum Gasteiger partial charge on any atom is -0.462 e. The molecule has 56 heavy (non-hydrogen) atoms. The Hall–Kier alpha value is -2.55. The second kappa shape index (κ2) is 38.0. The van der Waals surface area contributed by atoms with E-state index in [4.69, 9.17) is 18.5 Å². The third-order valence-corrected chi connectivity index (χ3v) is 9.70. The number of phosphoric ester groups is 1. The van der Waals surface area contributed by atoms with Crippen LogP contribution < -0.4 is 0 Å². The molecule has 0 aliphatic rings. The monoisotopic (exact) mass is 807 g/mol. The van der Waals surface area contributed by atoms with Crippen molar-refractivity contribution in [2.75, 3.05) is 47.5 Å². The standard InChI is InChI=1S/C46H80NO8P/c1-6-8-10-12-14-16-18-20-22-23-25-27-29-31-33-35-37-39-46(49)55-44(43-54-56(50,51)53-41-40-47(3,4)5)42-52-45(48)38-36-34-32-30-28-26-24-21-19-17-15-13-11-9-7-2/h9,11,14-17,20-22,24-25,27,44H,6-8,10,12-13,18-19,23,26,28-43H2,1-5H3/p+1/b11-9-,16-14-,17-15-,22-20-,24-21-,27-25-/t44-/m1/s1. The Morgan fingerprint density at radius 2 is 1.02 bits per heavy atom. The van der Waals surface area contributed by atoms with Crippen LogP contribution in [0.1, 0.15) is 155 Å². The van der Waals surface area contributed by atoms with E-state index in [2.05, 4.69) is 86.8 Å². The molecular formula is C46H81NO8P+. The van der Waals surface area contributed by atoms with Gasteiger partial charge in [0.05, 0.1) is 27.7 Å². The number of carbonyl (C=O) groups is 2. The zero-order valence-electron chi connectivity index (χ0n) is 36.1. The van der Waals surface area contributed by atoms with Gasteiger partial charge in [-0.05, 0) is 83.5 Å². The van der Waals surface area contributed by atoms with Crippen LogP contribution >= 0.6 is 7.82 Å². The van der Waals surface area contributed by atoms with Crippen molar-refractivity contribution < 1.29 is 42.1 Å². The predicted molar refractivity (Wildman–Crippen MR) is 233 cm³/mol. The number of carbonyl (C=O) groups excluding carboxylic acids is 2. The number of hydrogen-bond acceptors (Lipinski definition) is 7. The van der Waals surface area contributed by atoms with Crippen LogP contribution in [-0.2, 0) is 32.7 Å². The molecule has 0 bridgehead atoms.